The number of hydrogen-bond acceptors (Lipinski definition) is 5. The van der Waals surface area contributed by atoms with Gasteiger partial charge in [0.25, 0.3) is 11.8 Å². The van der Waals surface area contributed by atoms with Crippen LogP contribution in [0.25, 0.3) is 11.5 Å². The molecule has 0 saturated carbocycles. The molecule has 0 spiro atoms. The van der Waals surface area contributed by atoms with Gasteiger partial charge in [-0.05, 0) is 43.3 Å². The zero-order chi connectivity index (χ0) is 19.5. The Bertz CT molecular complexity index is 945. The van der Waals surface area contributed by atoms with Crippen LogP contribution in [-0.2, 0) is 6.54 Å². The average Bonchev–Trinajstić information content (AvgIpc) is 3.18. The molecule has 4 rings (SSSR count). The summed E-state index contributed by atoms with van der Waals surface area (Å²) < 4.78 is 18.3. The molecule has 1 aliphatic heterocycles. The summed E-state index contributed by atoms with van der Waals surface area (Å²) in [6.45, 7) is 5.38. The summed E-state index contributed by atoms with van der Waals surface area (Å²) in [6, 6.07) is 13.6. The van der Waals surface area contributed by atoms with Gasteiger partial charge in [0, 0.05) is 37.3 Å². The van der Waals surface area contributed by atoms with Crippen LogP contribution in [0.5, 0.6) is 0 Å². The molecule has 0 unspecified atom stereocenters. The number of aromatic nitrogens is 2. The van der Waals surface area contributed by atoms with Crippen LogP contribution in [0.4, 0.5) is 4.39 Å². The van der Waals surface area contributed by atoms with Crippen LogP contribution in [0.1, 0.15) is 21.7 Å². The maximum atomic E-state index is 13.0. The molecule has 0 atom stereocenters. The molecule has 3 aromatic rings. The standard InChI is InChI=1S/C21H21FN4O2/c1-15-2-4-17(5-3-15)21(27)26-12-10-25(11-13-26)14-19-23-20(28-24-19)16-6-8-18(22)9-7-16/h2-9H,10-14H2,1H3. The number of hydrogen-bond donors (Lipinski definition) is 0. The topological polar surface area (TPSA) is 62.5 Å². The summed E-state index contributed by atoms with van der Waals surface area (Å²) in [5, 5.41) is 4.02. The predicted molar refractivity (Wildman–Crippen MR) is 102 cm³/mol. The Balaban J connectivity index is 1.33. The maximum absolute atomic E-state index is 13.0. The van der Waals surface area contributed by atoms with Gasteiger partial charge in [0.15, 0.2) is 5.82 Å². The number of benzene rings is 2. The summed E-state index contributed by atoms with van der Waals surface area (Å²) in [7, 11) is 0. The number of rotatable bonds is 4. The van der Waals surface area contributed by atoms with Gasteiger partial charge >= 0.3 is 0 Å². The zero-order valence-electron chi connectivity index (χ0n) is 15.6. The van der Waals surface area contributed by atoms with Crippen molar-refractivity contribution in [1.29, 1.82) is 0 Å². The van der Waals surface area contributed by atoms with Crippen LogP contribution in [0.15, 0.2) is 53.1 Å². The summed E-state index contributed by atoms with van der Waals surface area (Å²) in [4.78, 5) is 21.1. The Morgan fingerprint density at radius 3 is 2.39 bits per heavy atom. The third-order valence-electron chi connectivity index (χ3n) is 4.88. The van der Waals surface area contributed by atoms with E-state index in [2.05, 4.69) is 15.0 Å². The van der Waals surface area contributed by atoms with Crippen molar-refractivity contribution in [2.75, 3.05) is 26.2 Å². The molecule has 2 aromatic carbocycles. The fourth-order valence-electron chi connectivity index (χ4n) is 3.22. The lowest BCUT2D eigenvalue weighted by atomic mass is 10.1. The monoisotopic (exact) mass is 380 g/mol. The van der Waals surface area contributed by atoms with Crippen molar-refractivity contribution in [3.63, 3.8) is 0 Å². The number of carbonyl (C=O) groups is 1. The van der Waals surface area contributed by atoms with E-state index in [-0.39, 0.29) is 11.7 Å². The molecule has 1 fully saturated rings. The summed E-state index contributed by atoms with van der Waals surface area (Å²) in [5.74, 6) is 0.722. The quantitative estimate of drug-likeness (QED) is 0.696. The lowest BCUT2D eigenvalue weighted by Crippen LogP contribution is -2.48. The number of nitrogens with zero attached hydrogens (tertiary/aromatic N) is 4. The molecule has 7 heteroatoms. The number of piperazine rings is 1. The van der Waals surface area contributed by atoms with E-state index in [4.69, 9.17) is 4.52 Å². The van der Waals surface area contributed by atoms with Crippen molar-refractivity contribution < 1.29 is 13.7 Å². The average molecular weight is 380 g/mol. The van der Waals surface area contributed by atoms with E-state index in [0.717, 1.165) is 24.2 Å². The van der Waals surface area contributed by atoms with E-state index >= 15 is 0 Å². The normalized spacial score (nSPS) is 15.0. The van der Waals surface area contributed by atoms with Crippen molar-refractivity contribution >= 4 is 5.91 Å². The van der Waals surface area contributed by atoms with Crippen LogP contribution in [0.2, 0.25) is 0 Å². The second kappa shape index (κ2) is 7.90. The Morgan fingerprint density at radius 2 is 1.71 bits per heavy atom. The Kier molecular flexibility index (Phi) is 5.16. The Labute approximate surface area is 162 Å². The van der Waals surface area contributed by atoms with Gasteiger partial charge in [-0.15, -0.1) is 0 Å². The van der Waals surface area contributed by atoms with E-state index < -0.39 is 0 Å². The first-order valence-electron chi connectivity index (χ1n) is 9.25. The van der Waals surface area contributed by atoms with Crippen LogP contribution in [-0.4, -0.2) is 52.0 Å². The SMILES string of the molecule is Cc1ccc(C(=O)N2CCN(Cc3noc(-c4ccc(F)cc4)n3)CC2)cc1. The van der Waals surface area contributed by atoms with E-state index in [1.54, 1.807) is 12.1 Å². The second-order valence-electron chi connectivity index (χ2n) is 6.96. The first kappa shape index (κ1) is 18.3. The fourth-order valence-corrected chi connectivity index (χ4v) is 3.22. The molecule has 2 heterocycles. The number of aryl methyl sites for hydroxylation is 1. The molecule has 0 radical (unpaired) electrons. The highest BCUT2D eigenvalue weighted by molar-refractivity contribution is 5.94. The molecular formula is C21H21FN4O2. The first-order chi connectivity index (χ1) is 13.6. The molecule has 1 aliphatic rings. The number of halogens is 1. The smallest absolute Gasteiger partial charge is 0.257 e. The van der Waals surface area contributed by atoms with Gasteiger partial charge in [0.2, 0.25) is 0 Å². The molecule has 0 bridgehead atoms. The van der Waals surface area contributed by atoms with Crippen molar-refractivity contribution in [2.24, 2.45) is 0 Å². The lowest BCUT2D eigenvalue weighted by molar-refractivity contribution is 0.0624. The van der Waals surface area contributed by atoms with E-state index in [0.29, 0.717) is 36.9 Å². The zero-order valence-corrected chi connectivity index (χ0v) is 15.6. The summed E-state index contributed by atoms with van der Waals surface area (Å²) in [5.41, 5.74) is 2.55. The molecule has 1 aromatic heterocycles. The Morgan fingerprint density at radius 1 is 1.04 bits per heavy atom. The second-order valence-corrected chi connectivity index (χ2v) is 6.96. The molecule has 0 N–H and O–H groups in total. The molecular weight excluding hydrogens is 359 g/mol. The molecule has 1 amide bonds. The molecule has 6 nitrogen and oxygen atoms in total. The van der Waals surface area contributed by atoms with Crippen molar-refractivity contribution in [1.82, 2.24) is 19.9 Å². The minimum absolute atomic E-state index is 0.0674. The van der Waals surface area contributed by atoms with Gasteiger partial charge in [0.05, 0.1) is 6.54 Å². The number of carbonyl (C=O) groups excluding carboxylic acids is 1. The highest BCUT2D eigenvalue weighted by Crippen LogP contribution is 2.18. The van der Waals surface area contributed by atoms with Gasteiger partial charge in [-0.3, -0.25) is 9.69 Å². The lowest BCUT2D eigenvalue weighted by Gasteiger charge is -2.34. The molecule has 1 saturated heterocycles. The highest BCUT2D eigenvalue weighted by Gasteiger charge is 2.23. The number of amides is 1. The van der Waals surface area contributed by atoms with Gasteiger partial charge in [-0.2, -0.15) is 4.98 Å². The largest absolute Gasteiger partial charge is 0.336 e. The fraction of sp³-hybridized carbons (Fsp3) is 0.286. The molecule has 28 heavy (non-hydrogen) atoms. The van der Waals surface area contributed by atoms with E-state index in [1.165, 1.54) is 12.1 Å². The first-order valence-corrected chi connectivity index (χ1v) is 9.25. The molecule has 0 aliphatic carbocycles. The minimum atomic E-state index is -0.304. The summed E-state index contributed by atoms with van der Waals surface area (Å²) in [6.07, 6.45) is 0. The molecule has 144 valence electrons. The van der Waals surface area contributed by atoms with Crippen LogP contribution in [0, 0.1) is 12.7 Å². The van der Waals surface area contributed by atoms with Crippen LogP contribution < -0.4 is 0 Å². The predicted octanol–water partition coefficient (Wildman–Crippen LogP) is 3.14. The third kappa shape index (κ3) is 4.09. The van der Waals surface area contributed by atoms with Gasteiger partial charge in [-0.1, -0.05) is 22.9 Å². The van der Waals surface area contributed by atoms with Gasteiger partial charge in [0.1, 0.15) is 5.82 Å². The van der Waals surface area contributed by atoms with Crippen molar-refractivity contribution in [3.05, 3.63) is 71.3 Å². The van der Waals surface area contributed by atoms with Crippen molar-refractivity contribution in [2.45, 2.75) is 13.5 Å². The van der Waals surface area contributed by atoms with E-state index in [9.17, 15) is 9.18 Å². The van der Waals surface area contributed by atoms with Crippen LogP contribution in [0.3, 0.4) is 0 Å². The maximum Gasteiger partial charge on any atom is 0.257 e. The minimum Gasteiger partial charge on any atom is -0.336 e. The van der Waals surface area contributed by atoms with Crippen molar-refractivity contribution in [3.8, 4) is 11.5 Å². The Hall–Kier alpha value is -3.06. The third-order valence-corrected chi connectivity index (χ3v) is 4.88. The summed E-state index contributed by atoms with van der Waals surface area (Å²) >= 11 is 0. The van der Waals surface area contributed by atoms with Gasteiger partial charge in [-0.25, -0.2) is 4.39 Å². The van der Waals surface area contributed by atoms with Gasteiger partial charge < -0.3 is 9.42 Å². The highest BCUT2D eigenvalue weighted by atomic mass is 19.1. The van der Waals surface area contributed by atoms with E-state index in [1.807, 2.05) is 36.1 Å². The van der Waals surface area contributed by atoms with Crippen LogP contribution >= 0.6 is 0 Å².